The number of amides is 1. The van der Waals surface area contributed by atoms with E-state index in [2.05, 4.69) is 16.0 Å². The average molecular weight is 392 g/mol. The molecular formula is C21H33N3O4. The van der Waals surface area contributed by atoms with Crippen molar-refractivity contribution in [1.82, 2.24) is 16.0 Å². The highest BCUT2D eigenvalue weighted by molar-refractivity contribution is 5.77. The minimum absolute atomic E-state index is 0.0119. The van der Waals surface area contributed by atoms with Gasteiger partial charge in [-0.2, -0.15) is 0 Å². The third kappa shape index (κ3) is 5.59. The van der Waals surface area contributed by atoms with Crippen molar-refractivity contribution >= 4 is 5.91 Å². The second kappa shape index (κ2) is 10.6. The largest absolute Gasteiger partial charge is 0.493 e. The number of rotatable bonds is 9. The molecule has 1 aromatic rings. The number of carbonyl (C=O) groups is 1. The molecule has 2 fully saturated rings. The van der Waals surface area contributed by atoms with Crippen LogP contribution in [0.3, 0.4) is 0 Å². The Balaban J connectivity index is 1.54. The van der Waals surface area contributed by atoms with Crippen molar-refractivity contribution < 1.29 is 19.0 Å². The minimum Gasteiger partial charge on any atom is -0.493 e. The van der Waals surface area contributed by atoms with Gasteiger partial charge in [0.15, 0.2) is 18.1 Å². The van der Waals surface area contributed by atoms with Crippen LogP contribution in [0, 0.1) is 5.92 Å². The Morgan fingerprint density at radius 2 is 2.21 bits per heavy atom. The smallest absolute Gasteiger partial charge is 0.257 e. The molecule has 156 valence electrons. The predicted molar refractivity (Wildman–Crippen MR) is 108 cm³/mol. The van der Waals surface area contributed by atoms with Gasteiger partial charge in [0.05, 0.1) is 20.3 Å². The van der Waals surface area contributed by atoms with Gasteiger partial charge in [-0.1, -0.05) is 12.5 Å². The van der Waals surface area contributed by atoms with E-state index in [9.17, 15) is 4.79 Å². The standard InChI is InChI=1S/C21H33N3O4/c1-3-22-21(25)14-28-19-8-7-15(11-20(19)26-2)12-24-17-6-4-5-16(17)18-13-27-10-9-23-18/h7-8,11,16-18,23-24H,3-6,9-10,12-14H2,1-2H3,(H,22,25). The fraction of sp³-hybridized carbons (Fsp3) is 0.667. The first kappa shape index (κ1) is 20.9. The van der Waals surface area contributed by atoms with Crippen molar-refractivity contribution in [3.63, 3.8) is 0 Å². The number of benzene rings is 1. The van der Waals surface area contributed by atoms with Gasteiger partial charge in [0, 0.05) is 31.7 Å². The molecule has 0 radical (unpaired) electrons. The zero-order chi connectivity index (χ0) is 19.8. The Morgan fingerprint density at radius 1 is 1.32 bits per heavy atom. The molecule has 0 spiro atoms. The number of morpholine rings is 1. The van der Waals surface area contributed by atoms with Crippen molar-refractivity contribution in [3.05, 3.63) is 23.8 Å². The van der Waals surface area contributed by atoms with E-state index in [1.807, 2.05) is 25.1 Å². The molecule has 1 heterocycles. The molecule has 7 nitrogen and oxygen atoms in total. The van der Waals surface area contributed by atoms with Crippen LogP contribution in [0.25, 0.3) is 0 Å². The monoisotopic (exact) mass is 391 g/mol. The summed E-state index contributed by atoms with van der Waals surface area (Å²) in [4.78, 5) is 11.6. The Bertz CT molecular complexity index is 634. The highest BCUT2D eigenvalue weighted by atomic mass is 16.5. The lowest BCUT2D eigenvalue weighted by atomic mass is 9.94. The quantitative estimate of drug-likeness (QED) is 0.591. The van der Waals surface area contributed by atoms with Gasteiger partial charge in [0.1, 0.15) is 0 Å². The number of likely N-dealkylation sites (N-methyl/N-ethyl adjacent to an activating group) is 1. The van der Waals surface area contributed by atoms with E-state index >= 15 is 0 Å². The summed E-state index contributed by atoms with van der Waals surface area (Å²) in [5, 5.41) is 10.1. The molecule has 28 heavy (non-hydrogen) atoms. The van der Waals surface area contributed by atoms with Gasteiger partial charge >= 0.3 is 0 Å². The van der Waals surface area contributed by atoms with Crippen molar-refractivity contribution in [3.8, 4) is 11.5 Å². The van der Waals surface area contributed by atoms with Crippen LogP contribution in [0.5, 0.6) is 11.5 Å². The van der Waals surface area contributed by atoms with Crippen molar-refractivity contribution in [2.24, 2.45) is 5.92 Å². The lowest BCUT2D eigenvalue weighted by molar-refractivity contribution is -0.123. The summed E-state index contributed by atoms with van der Waals surface area (Å²) >= 11 is 0. The maximum atomic E-state index is 11.6. The van der Waals surface area contributed by atoms with Gasteiger partial charge in [0.2, 0.25) is 0 Å². The summed E-state index contributed by atoms with van der Waals surface area (Å²) in [7, 11) is 1.62. The molecule has 3 unspecified atom stereocenters. The maximum Gasteiger partial charge on any atom is 0.257 e. The average Bonchev–Trinajstić information content (AvgIpc) is 3.20. The molecule has 1 aliphatic heterocycles. The lowest BCUT2D eigenvalue weighted by Gasteiger charge is -2.33. The maximum absolute atomic E-state index is 11.6. The van der Waals surface area contributed by atoms with E-state index in [0.717, 1.165) is 31.9 Å². The molecule has 1 aromatic carbocycles. The number of hydrogen-bond donors (Lipinski definition) is 3. The Hall–Kier alpha value is -1.83. The predicted octanol–water partition coefficient (Wildman–Crippen LogP) is 1.46. The zero-order valence-electron chi connectivity index (χ0n) is 17.0. The first-order chi connectivity index (χ1) is 13.7. The lowest BCUT2D eigenvalue weighted by Crippen LogP contribution is -2.50. The molecule has 1 aliphatic carbocycles. The van der Waals surface area contributed by atoms with Gasteiger partial charge in [-0.15, -0.1) is 0 Å². The summed E-state index contributed by atoms with van der Waals surface area (Å²) in [6.45, 7) is 5.82. The van der Waals surface area contributed by atoms with Crippen molar-refractivity contribution in [1.29, 1.82) is 0 Å². The van der Waals surface area contributed by atoms with E-state index in [-0.39, 0.29) is 12.5 Å². The van der Waals surface area contributed by atoms with Gasteiger partial charge in [-0.05, 0) is 43.4 Å². The molecule has 3 atom stereocenters. The summed E-state index contributed by atoms with van der Waals surface area (Å²) in [5.74, 6) is 1.71. The minimum atomic E-state index is -0.136. The van der Waals surface area contributed by atoms with E-state index in [4.69, 9.17) is 14.2 Å². The second-order valence-electron chi connectivity index (χ2n) is 7.45. The summed E-state index contributed by atoms with van der Waals surface area (Å²) in [5.41, 5.74) is 1.14. The number of hydrogen-bond acceptors (Lipinski definition) is 6. The van der Waals surface area contributed by atoms with E-state index < -0.39 is 0 Å². The first-order valence-corrected chi connectivity index (χ1v) is 10.3. The Morgan fingerprint density at radius 3 is 2.96 bits per heavy atom. The van der Waals surface area contributed by atoms with Crippen LogP contribution < -0.4 is 25.4 Å². The molecule has 1 saturated heterocycles. The molecular weight excluding hydrogens is 358 g/mol. The highest BCUT2D eigenvalue weighted by Crippen LogP contribution is 2.31. The van der Waals surface area contributed by atoms with E-state index in [0.29, 0.717) is 36.0 Å². The first-order valence-electron chi connectivity index (χ1n) is 10.3. The fourth-order valence-electron chi connectivity index (χ4n) is 4.17. The van der Waals surface area contributed by atoms with Gasteiger partial charge in [0.25, 0.3) is 5.91 Å². The van der Waals surface area contributed by atoms with Crippen LogP contribution in [0.2, 0.25) is 0 Å². The molecule has 1 saturated carbocycles. The third-order valence-corrected chi connectivity index (χ3v) is 5.57. The number of nitrogens with one attached hydrogen (secondary N) is 3. The van der Waals surface area contributed by atoms with Crippen LogP contribution in [-0.4, -0.2) is 58.0 Å². The molecule has 0 aromatic heterocycles. The number of ether oxygens (including phenoxy) is 3. The van der Waals surface area contributed by atoms with Gasteiger partial charge in [-0.3, -0.25) is 4.79 Å². The second-order valence-corrected chi connectivity index (χ2v) is 7.45. The van der Waals surface area contributed by atoms with Crippen LogP contribution in [0.15, 0.2) is 18.2 Å². The van der Waals surface area contributed by atoms with Crippen molar-refractivity contribution in [2.45, 2.75) is 44.8 Å². The summed E-state index contributed by atoms with van der Waals surface area (Å²) in [6, 6.07) is 6.82. The normalized spacial score (nSPS) is 24.7. The topological polar surface area (TPSA) is 80.9 Å². The fourth-order valence-corrected chi connectivity index (χ4v) is 4.17. The van der Waals surface area contributed by atoms with Crippen LogP contribution >= 0.6 is 0 Å². The molecule has 3 N–H and O–H groups in total. The third-order valence-electron chi connectivity index (χ3n) is 5.57. The number of carbonyl (C=O) groups excluding carboxylic acids is 1. The van der Waals surface area contributed by atoms with Gasteiger partial charge in [-0.25, -0.2) is 0 Å². The van der Waals surface area contributed by atoms with Crippen LogP contribution in [0.1, 0.15) is 31.7 Å². The molecule has 1 amide bonds. The number of methoxy groups -OCH3 is 1. The van der Waals surface area contributed by atoms with E-state index in [1.165, 1.54) is 19.3 Å². The molecule has 2 aliphatic rings. The summed E-state index contributed by atoms with van der Waals surface area (Å²) < 4.78 is 16.7. The highest BCUT2D eigenvalue weighted by Gasteiger charge is 2.34. The zero-order valence-corrected chi connectivity index (χ0v) is 17.0. The van der Waals surface area contributed by atoms with E-state index in [1.54, 1.807) is 7.11 Å². The SMILES string of the molecule is CCNC(=O)COc1ccc(CNC2CCCC2C2COCCN2)cc1OC. The molecule has 3 rings (SSSR count). The van der Waals surface area contributed by atoms with Crippen molar-refractivity contribution in [2.75, 3.05) is 40.0 Å². The molecule has 0 bridgehead atoms. The van der Waals surface area contributed by atoms with Gasteiger partial charge < -0.3 is 30.2 Å². The van der Waals surface area contributed by atoms with Crippen LogP contribution in [-0.2, 0) is 16.1 Å². The summed E-state index contributed by atoms with van der Waals surface area (Å²) in [6.07, 6.45) is 3.71. The molecule has 7 heteroatoms. The van der Waals surface area contributed by atoms with Crippen LogP contribution in [0.4, 0.5) is 0 Å². The Kier molecular flexibility index (Phi) is 7.94. The Labute approximate surface area is 167 Å².